The average molecular weight is 352 g/mol. The maximum absolute atomic E-state index is 12.5. The molecule has 0 unspecified atom stereocenters. The summed E-state index contributed by atoms with van der Waals surface area (Å²) in [5.74, 6) is -0.0405. The summed E-state index contributed by atoms with van der Waals surface area (Å²) in [4.78, 5) is 11.9. The van der Waals surface area contributed by atoms with Crippen molar-refractivity contribution < 1.29 is 22.7 Å². The predicted octanol–water partition coefficient (Wildman–Crippen LogP) is 1.13. The van der Waals surface area contributed by atoms with E-state index in [4.69, 9.17) is 9.52 Å². The van der Waals surface area contributed by atoms with E-state index < -0.39 is 15.9 Å². The number of furan rings is 1. The van der Waals surface area contributed by atoms with Gasteiger partial charge in [0.2, 0.25) is 10.0 Å². The van der Waals surface area contributed by atoms with Crippen molar-refractivity contribution in [1.29, 1.82) is 0 Å². The number of nitrogens with one attached hydrogen (secondary N) is 1. The normalized spacial score (nSPS) is 11.7. The molecule has 1 amide bonds. The number of sulfonamides is 1. The number of hydrogen-bond donors (Lipinski definition) is 2. The molecule has 1 heterocycles. The highest BCUT2D eigenvalue weighted by molar-refractivity contribution is 7.89. The number of hydrogen-bond acceptors (Lipinski definition) is 5. The SMILES string of the molecule is Cc1ccc(S(=O)(=O)N(C)Cc2ccc(C(=O)NCCO)o2)cc1. The molecule has 8 heteroatoms. The Morgan fingerprint density at radius 1 is 1.21 bits per heavy atom. The Balaban J connectivity index is 2.09. The monoisotopic (exact) mass is 352 g/mol. The molecule has 2 rings (SSSR count). The fourth-order valence-corrected chi connectivity index (χ4v) is 3.17. The predicted molar refractivity (Wildman–Crippen MR) is 88.0 cm³/mol. The van der Waals surface area contributed by atoms with Crippen LogP contribution in [0, 0.1) is 6.92 Å². The second kappa shape index (κ2) is 7.61. The summed E-state index contributed by atoms with van der Waals surface area (Å²) in [6.45, 7) is 1.84. The Morgan fingerprint density at radius 2 is 1.88 bits per heavy atom. The van der Waals surface area contributed by atoms with E-state index in [0.717, 1.165) is 9.87 Å². The third-order valence-electron chi connectivity index (χ3n) is 3.39. The molecule has 2 N–H and O–H groups in total. The first-order valence-electron chi connectivity index (χ1n) is 7.35. The van der Waals surface area contributed by atoms with Crippen molar-refractivity contribution in [3.63, 3.8) is 0 Å². The molecule has 0 aliphatic rings. The number of carbonyl (C=O) groups is 1. The summed E-state index contributed by atoms with van der Waals surface area (Å²) in [7, 11) is -2.19. The summed E-state index contributed by atoms with van der Waals surface area (Å²) in [6, 6.07) is 9.59. The van der Waals surface area contributed by atoms with Crippen LogP contribution in [0.4, 0.5) is 0 Å². The van der Waals surface area contributed by atoms with Crippen LogP contribution in [-0.2, 0) is 16.6 Å². The molecule has 0 fully saturated rings. The van der Waals surface area contributed by atoms with Crippen LogP contribution in [0.25, 0.3) is 0 Å². The number of nitrogens with zero attached hydrogens (tertiary/aromatic N) is 1. The molecule has 0 saturated heterocycles. The van der Waals surface area contributed by atoms with Gasteiger partial charge in [-0.2, -0.15) is 4.31 Å². The lowest BCUT2D eigenvalue weighted by Gasteiger charge is -2.16. The van der Waals surface area contributed by atoms with Gasteiger partial charge in [-0.3, -0.25) is 4.79 Å². The third kappa shape index (κ3) is 4.22. The number of aryl methyl sites for hydroxylation is 1. The number of aliphatic hydroxyl groups is 1. The van der Waals surface area contributed by atoms with E-state index in [9.17, 15) is 13.2 Å². The molecule has 7 nitrogen and oxygen atoms in total. The molecule has 0 bridgehead atoms. The number of rotatable bonds is 7. The van der Waals surface area contributed by atoms with Crippen LogP contribution in [0.2, 0.25) is 0 Å². The van der Waals surface area contributed by atoms with E-state index in [-0.39, 0.29) is 30.4 Å². The minimum absolute atomic E-state index is 0.00346. The zero-order valence-electron chi connectivity index (χ0n) is 13.5. The maximum atomic E-state index is 12.5. The lowest BCUT2D eigenvalue weighted by molar-refractivity contribution is 0.0914. The van der Waals surface area contributed by atoms with Crippen molar-refractivity contribution in [2.24, 2.45) is 0 Å². The van der Waals surface area contributed by atoms with E-state index in [1.165, 1.54) is 13.1 Å². The number of aliphatic hydroxyl groups excluding tert-OH is 1. The van der Waals surface area contributed by atoms with Crippen molar-refractivity contribution >= 4 is 15.9 Å². The molecule has 0 spiro atoms. The first kappa shape index (κ1) is 18.2. The van der Waals surface area contributed by atoms with Crippen molar-refractivity contribution in [2.75, 3.05) is 20.2 Å². The van der Waals surface area contributed by atoms with Crippen molar-refractivity contribution in [3.05, 3.63) is 53.5 Å². The standard InChI is InChI=1S/C16H20N2O5S/c1-12-3-6-14(7-4-12)24(21,22)18(2)11-13-5-8-15(23-13)16(20)17-9-10-19/h3-8,19H,9-11H2,1-2H3,(H,17,20). The van der Waals surface area contributed by atoms with Crippen molar-refractivity contribution in [1.82, 2.24) is 9.62 Å². The van der Waals surface area contributed by atoms with Gasteiger partial charge < -0.3 is 14.8 Å². The highest BCUT2D eigenvalue weighted by Crippen LogP contribution is 2.18. The van der Waals surface area contributed by atoms with Gasteiger partial charge in [0.25, 0.3) is 5.91 Å². The topological polar surface area (TPSA) is 99.9 Å². The number of benzene rings is 1. The Kier molecular flexibility index (Phi) is 5.76. The molecule has 0 atom stereocenters. The van der Waals surface area contributed by atoms with Crippen LogP contribution in [-0.4, -0.2) is 43.9 Å². The van der Waals surface area contributed by atoms with Crippen LogP contribution in [0.5, 0.6) is 0 Å². The first-order valence-corrected chi connectivity index (χ1v) is 8.79. The Bertz CT molecular complexity index is 796. The molecule has 1 aromatic carbocycles. The van der Waals surface area contributed by atoms with Crippen LogP contribution in [0.3, 0.4) is 0 Å². The van der Waals surface area contributed by atoms with Gasteiger partial charge in [0.15, 0.2) is 5.76 Å². The Labute approximate surface area is 140 Å². The maximum Gasteiger partial charge on any atom is 0.287 e. The molecule has 0 saturated carbocycles. The molecular formula is C16H20N2O5S. The Hall–Kier alpha value is -2.16. The van der Waals surface area contributed by atoms with Gasteiger partial charge >= 0.3 is 0 Å². The molecule has 0 aliphatic carbocycles. The van der Waals surface area contributed by atoms with E-state index in [1.807, 2.05) is 6.92 Å². The number of carbonyl (C=O) groups excluding carboxylic acids is 1. The van der Waals surface area contributed by atoms with Gasteiger partial charge in [-0.25, -0.2) is 8.42 Å². The summed E-state index contributed by atoms with van der Waals surface area (Å²) in [5, 5.41) is 11.1. The molecule has 1 aromatic heterocycles. The van der Waals surface area contributed by atoms with Gasteiger partial charge in [-0.1, -0.05) is 17.7 Å². The summed E-state index contributed by atoms with van der Waals surface area (Å²) in [6.07, 6.45) is 0. The van der Waals surface area contributed by atoms with Gasteiger partial charge in [-0.15, -0.1) is 0 Å². The van der Waals surface area contributed by atoms with E-state index in [2.05, 4.69) is 5.32 Å². The van der Waals surface area contributed by atoms with Crippen LogP contribution in [0.15, 0.2) is 45.7 Å². The van der Waals surface area contributed by atoms with Gasteiger partial charge in [0.1, 0.15) is 5.76 Å². The average Bonchev–Trinajstić information content (AvgIpc) is 3.01. The lowest BCUT2D eigenvalue weighted by Crippen LogP contribution is -2.26. The van der Waals surface area contributed by atoms with Crippen molar-refractivity contribution in [2.45, 2.75) is 18.4 Å². The van der Waals surface area contributed by atoms with E-state index in [1.54, 1.807) is 30.3 Å². The van der Waals surface area contributed by atoms with E-state index >= 15 is 0 Å². The second-order valence-electron chi connectivity index (χ2n) is 5.32. The molecule has 130 valence electrons. The Morgan fingerprint density at radius 3 is 2.50 bits per heavy atom. The third-order valence-corrected chi connectivity index (χ3v) is 5.21. The van der Waals surface area contributed by atoms with Crippen LogP contribution in [0.1, 0.15) is 21.9 Å². The zero-order chi connectivity index (χ0) is 17.7. The number of amides is 1. The summed E-state index contributed by atoms with van der Waals surface area (Å²) in [5.41, 5.74) is 0.973. The van der Waals surface area contributed by atoms with Gasteiger partial charge in [0.05, 0.1) is 18.0 Å². The zero-order valence-corrected chi connectivity index (χ0v) is 14.3. The first-order chi connectivity index (χ1) is 11.3. The van der Waals surface area contributed by atoms with Gasteiger partial charge in [0, 0.05) is 13.6 Å². The summed E-state index contributed by atoms with van der Waals surface area (Å²) >= 11 is 0. The fourth-order valence-electron chi connectivity index (χ4n) is 2.04. The molecule has 0 aliphatic heterocycles. The van der Waals surface area contributed by atoms with Crippen LogP contribution >= 0.6 is 0 Å². The molecular weight excluding hydrogens is 332 g/mol. The molecule has 0 radical (unpaired) electrons. The summed E-state index contributed by atoms with van der Waals surface area (Å²) < 4.78 is 31.5. The highest BCUT2D eigenvalue weighted by Gasteiger charge is 2.22. The van der Waals surface area contributed by atoms with Crippen LogP contribution < -0.4 is 5.32 Å². The second-order valence-corrected chi connectivity index (χ2v) is 7.36. The van der Waals surface area contributed by atoms with Crippen molar-refractivity contribution in [3.8, 4) is 0 Å². The quantitative estimate of drug-likeness (QED) is 0.778. The largest absolute Gasteiger partial charge is 0.455 e. The molecule has 24 heavy (non-hydrogen) atoms. The minimum atomic E-state index is -3.64. The van der Waals surface area contributed by atoms with Gasteiger partial charge in [-0.05, 0) is 31.2 Å². The highest BCUT2D eigenvalue weighted by atomic mass is 32.2. The molecule has 2 aromatic rings. The minimum Gasteiger partial charge on any atom is -0.455 e. The fraction of sp³-hybridized carbons (Fsp3) is 0.312. The smallest absolute Gasteiger partial charge is 0.287 e. The lowest BCUT2D eigenvalue weighted by atomic mass is 10.2. The van der Waals surface area contributed by atoms with E-state index in [0.29, 0.717) is 5.76 Å².